The zero-order chi connectivity index (χ0) is 10.7. The molecule has 0 heterocycles. The lowest BCUT2D eigenvalue weighted by Gasteiger charge is -2.38. The quantitative estimate of drug-likeness (QED) is 0.721. The van der Waals surface area contributed by atoms with E-state index < -0.39 is 0 Å². The molecule has 0 rings (SSSR count). The van der Waals surface area contributed by atoms with Gasteiger partial charge in [-0.2, -0.15) is 0 Å². The van der Waals surface area contributed by atoms with Crippen LogP contribution in [0.2, 0.25) is 0 Å². The first-order chi connectivity index (χ1) is 5.70. The van der Waals surface area contributed by atoms with Crippen LogP contribution in [-0.2, 0) is 4.74 Å². The molecule has 0 unspecified atom stereocenters. The summed E-state index contributed by atoms with van der Waals surface area (Å²) >= 11 is 0. The highest BCUT2D eigenvalue weighted by Crippen LogP contribution is 2.36. The van der Waals surface area contributed by atoms with Crippen molar-refractivity contribution in [2.75, 3.05) is 13.7 Å². The summed E-state index contributed by atoms with van der Waals surface area (Å²) in [4.78, 5) is 10.9. The van der Waals surface area contributed by atoms with Crippen LogP contribution >= 0.6 is 0 Å². The highest BCUT2D eigenvalue weighted by molar-refractivity contribution is 5.66. The molecule has 3 nitrogen and oxygen atoms in total. The molecule has 0 atom stereocenters. The Morgan fingerprint density at radius 3 is 2.00 bits per heavy atom. The molecule has 0 aliphatic heterocycles. The van der Waals surface area contributed by atoms with Gasteiger partial charge in [0.05, 0.1) is 7.11 Å². The van der Waals surface area contributed by atoms with Crippen molar-refractivity contribution in [2.45, 2.75) is 34.6 Å². The fraction of sp³-hybridized carbons (Fsp3) is 0.900. The molecule has 0 spiro atoms. The van der Waals surface area contributed by atoms with Crippen LogP contribution in [0.4, 0.5) is 4.79 Å². The van der Waals surface area contributed by atoms with Crippen molar-refractivity contribution < 1.29 is 9.53 Å². The van der Waals surface area contributed by atoms with E-state index in [1.165, 1.54) is 7.11 Å². The monoisotopic (exact) mass is 187 g/mol. The number of carbonyl (C=O) groups is 1. The third kappa shape index (κ3) is 3.66. The Morgan fingerprint density at radius 2 is 1.69 bits per heavy atom. The van der Waals surface area contributed by atoms with Crippen LogP contribution in [0, 0.1) is 10.8 Å². The Morgan fingerprint density at radius 1 is 1.23 bits per heavy atom. The number of hydrogen-bond donors (Lipinski definition) is 1. The van der Waals surface area contributed by atoms with Crippen LogP contribution < -0.4 is 5.32 Å². The number of hydrogen-bond acceptors (Lipinski definition) is 2. The predicted molar refractivity (Wildman–Crippen MR) is 53.6 cm³/mol. The van der Waals surface area contributed by atoms with E-state index in [1.54, 1.807) is 0 Å². The van der Waals surface area contributed by atoms with Crippen molar-refractivity contribution in [1.29, 1.82) is 0 Å². The minimum absolute atomic E-state index is 0.0567. The van der Waals surface area contributed by atoms with Gasteiger partial charge in [0.2, 0.25) is 0 Å². The largest absolute Gasteiger partial charge is 0.453 e. The molecule has 0 aromatic rings. The molecule has 0 radical (unpaired) electrons. The highest BCUT2D eigenvalue weighted by Gasteiger charge is 2.32. The predicted octanol–water partition coefficient (Wildman–Crippen LogP) is 2.41. The second-order valence-corrected chi connectivity index (χ2v) is 4.98. The minimum atomic E-state index is -0.364. The van der Waals surface area contributed by atoms with Crippen LogP contribution in [0.3, 0.4) is 0 Å². The molecule has 13 heavy (non-hydrogen) atoms. The average Bonchev–Trinajstić information content (AvgIpc) is 1.98. The third-order valence-electron chi connectivity index (χ3n) is 2.89. The summed E-state index contributed by atoms with van der Waals surface area (Å²) in [5.41, 5.74) is 0.217. The maximum atomic E-state index is 10.9. The van der Waals surface area contributed by atoms with Gasteiger partial charge in [-0.3, -0.25) is 0 Å². The molecule has 0 aromatic heterocycles. The Labute approximate surface area is 80.8 Å². The van der Waals surface area contributed by atoms with Gasteiger partial charge in [-0.05, 0) is 10.8 Å². The van der Waals surface area contributed by atoms with E-state index in [1.807, 2.05) is 0 Å². The fourth-order valence-electron chi connectivity index (χ4n) is 0.630. The van der Waals surface area contributed by atoms with Crippen LogP contribution in [0.5, 0.6) is 0 Å². The summed E-state index contributed by atoms with van der Waals surface area (Å²) in [6.45, 7) is 11.4. The van der Waals surface area contributed by atoms with Crippen molar-refractivity contribution in [3.8, 4) is 0 Å². The zero-order valence-electron chi connectivity index (χ0n) is 9.52. The van der Waals surface area contributed by atoms with Gasteiger partial charge < -0.3 is 10.1 Å². The average molecular weight is 187 g/mol. The Hall–Kier alpha value is -0.730. The fourth-order valence-corrected chi connectivity index (χ4v) is 0.630. The number of carbonyl (C=O) groups excluding carboxylic acids is 1. The van der Waals surface area contributed by atoms with Gasteiger partial charge in [0.25, 0.3) is 0 Å². The van der Waals surface area contributed by atoms with Gasteiger partial charge in [-0.25, -0.2) is 4.79 Å². The van der Waals surface area contributed by atoms with Gasteiger partial charge >= 0.3 is 6.09 Å². The number of rotatable bonds is 2. The molecule has 0 bridgehead atoms. The number of methoxy groups -OCH3 is 1. The first kappa shape index (κ1) is 12.3. The first-order valence-corrected chi connectivity index (χ1v) is 4.52. The van der Waals surface area contributed by atoms with Crippen molar-refractivity contribution in [3.63, 3.8) is 0 Å². The van der Waals surface area contributed by atoms with Crippen molar-refractivity contribution in [3.05, 3.63) is 0 Å². The first-order valence-electron chi connectivity index (χ1n) is 4.52. The van der Waals surface area contributed by atoms with Crippen LogP contribution in [0.15, 0.2) is 0 Å². The Bertz CT molecular complexity index is 180. The summed E-state index contributed by atoms with van der Waals surface area (Å²) in [6.07, 6.45) is -0.364. The van der Waals surface area contributed by atoms with E-state index in [0.29, 0.717) is 6.54 Å². The maximum Gasteiger partial charge on any atom is 0.406 e. The Balaban J connectivity index is 4.12. The normalized spacial score (nSPS) is 12.5. The van der Waals surface area contributed by atoms with Crippen LogP contribution in [-0.4, -0.2) is 19.7 Å². The lowest BCUT2D eigenvalue weighted by Crippen LogP contribution is -2.41. The van der Waals surface area contributed by atoms with Crippen molar-refractivity contribution in [2.24, 2.45) is 10.8 Å². The van der Waals surface area contributed by atoms with Gasteiger partial charge in [0.15, 0.2) is 0 Å². The zero-order valence-corrected chi connectivity index (χ0v) is 9.52. The molecule has 0 aliphatic rings. The van der Waals surface area contributed by atoms with Gasteiger partial charge in [-0.15, -0.1) is 0 Å². The second kappa shape index (κ2) is 3.99. The van der Waals surface area contributed by atoms with Gasteiger partial charge in [0, 0.05) is 6.54 Å². The molecular formula is C10H21NO2. The summed E-state index contributed by atoms with van der Waals surface area (Å²) in [7, 11) is 1.37. The summed E-state index contributed by atoms with van der Waals surface area (Å²) in [5.74, 6) is 0. The maximum absolute atomic E-state index is 10.9. The van der Waals surface area contributed by atoms with Gasteiger partial charge in [0.1, 0.15) is 0 Å². The van der Waals surface area contributed by atoms with Crippen molar-refractivity contribution in [1.82, 2.24) is 5.32 Å². The highest BCUT2D eigenvalue weighted by atomic mass is 16.5. The standard InChI is InChI=1S/C10H21NO2/c1-9(2,3)10(4,5)7-11-8(12)13-6/h7H2,1-6H3,(H,11,12). The molecule has 3 heteroatoms. The van der Waals surface area contributed by atoms with E-state index in [2.05, 4.69) is 44.7 Å². The molecule has 0 saturated heterocycles. The van der Waals surface area contributed by atoms with E-state index in [4.69, 9.17) is 0 Å². The molecule has 0 aromatic carbocycles. The lowest BCUT2D eigenvalue weighted by atomic mass is 9.69. The van der Waals surface area contributed by atoms with E-state index in [-0.39, 0.29) is 16.9 Å². The minimum Gasteiger partial charge on any atom is -0.453 e. The summed E-state index contributed by atoms with van der Waals surface area (Å²) in [5, 5.41) is 2.72. The van der Waals surface area contributed by atoms with E-state index in [0.717, 1.165) is 0 Å². The SMILES string of the molecule is COC(=O)NCC(C)(C)C(C)(C)C. The molecule has 0 saturated carbocycles. The number of ether oxygens (including phenoxy) is 1. The van der Waals surface area contributed by atoms with Crippen molar-refractivity contribution >= 4 is 6.09 Å². The smallest absolute Gasteiger partial charge is 0.406 e. The lowest BCUT2D eigenvalue weighted by molar-refractivity contribution is 0.118. The van der Waals surface area contributed by atoms with E-state index >= 15 is 0 Å². The van der Waals surface area contributed by atoms with Crippen LogP contribution in [0.25, 0.3) is 0 Å². The number of alkyl carbamates (subject to hydrolysis) is 1. The van der Waals surface area contributed by atoms with Gasteiger partial charge in [-0.1, -0.05) is 34.6 Å². The van der Waals surface area contributed by atoms with E-state index in [9.17, 15) is 4.79 Å². The molecule has 1 N–H and O–H groups in total. The topological polar surface area (TPSA) is 38.3 Å². The third-order valence-corrected chi connectivity index (χ3v) is 2.89. The molecule has 0 fully saturated rings. The molecule has 78 valence electrons. The summed E-state index contributed by atoms with van der Waals surface area (Å²) in [6, 6.07) is 0. The molecular weight excluding hydrogens is 166 g/mol. The Kier molecular flexibility index (Phi) is 3.76. The number of amides is 1. The molecule has 0 aliphatic carbocycles. The molecule has 1 amide bonds. The second-order valence-electron chi connectivity index (χ2n) is 4.98. The van der Waals surface area contributed by atoms with Crippen LogP contribution in [0.1, 0.15) is 34.6 Å². The summed E-state index contributed by atoms with van der Waals surface area (Å²) < 4.78 is 4.51. The number of nitrogens with one attached hydrogen (secondary N) is 1.